The number of amides is 2. The maximum Gasteiger partial charge on any atom is 0.254 e. The Labute approximate surface area is 142 Å². The molecule has 0 fully saturated rings. The van der Waals surface area contributed by atoms with Crippen molar-refractivity contribution in [2.45, 2.75) is 11.3 Å². The Balaban J connectivity index is 1.82. The van der Waals surface area contributed by atoms with Crippen molar-refractivity contribution in [1.82, 2.24) is 5.32 Å². The molecule has 0 unspecified atom stereocenters. The molecule has 2 amide bonds. The molecule has 0 saturated heterocycles. The first-order valence-electron chi connectivity index (χ1n) is 6.58. The monoisotopic (exact) mass is 354 g/mol. The van der Waals surface area contributed by atoms with Crippen molar-refractivity contribution in [3.8, 4) is 0 Å². The number of hydrogen-bond acceptors (Lipinski definition) is 4. The third-order valence-electron chi connectivity index (χ3n) is 2.80. The van der Waals surface area contributed by atoms with Gasteiger partial charge in [0.25, 0.3) is 5.91 Å². The Morgan fingerprint density at radius 1 is 1.23 bits per heavy atom. The Morgan fingerprint density at radius 3 is 2.64 bits per heavy atom. The lowest BCUT2D eigenvalue weighted by Crippen LogP contribution is -2.20. The Kier molecular flexibility index (Phi) is 6.30. The molecule has 22 heavy (non-hydrogen) atoms. The molecule has 0 aliphatic heterocycles. The van der Waals surface area contributed by atoms with Gasteiger partial charge >= 0.3 is 0 Å². The predicted octanol–water partition coefficient (Wildman–Crippen LogP) is 3.88. The van der Waals surface area contributed by atoms with E-state index in [2.05, 4.69) is 10.6 Å². The molecule has 1 aromatic heterocycles. The fraction of sp³-hybridized carbons (Fsp3) is 0.200. The lowest BCUT2D eigenvalue weighted by atomic mass is 10.3. The van der Waals surface area contributed by atoms with E-state index < -0.39 is 0 Å². The summed E-state index contributed by atoms with van der Waals surface area (Å²) < 4.78 is 0. The van der Waals surface area contributed by atoms with E-state index in [1.807, 2.05) is 24.3 Å². The fourth-order valence-corrected chi connectivity index (χ4v) is 3.48. The van der Waals surface area contributed by atoms with Crippen molar-refractivity contribution in [2.24, 2.45) is 0 Å². The van der Waals surface area contributed by atoms with E-state index >= 15 is 0 Å². The molecular formula is C15H15ClN2O2S2. The van der Waals surface area contributed by atoms with Crippen LogP contribution < -0.4 is 10.6 Å². The quantitative estimate of drug-likeness (QED) is 0.774. The van der Waals surface area contributed by atoms with E-state index in [0.717, 1.165) is 4.90 Å². The molecule has 0 atom stereocenters. The number of carbonyl (C=O) groups excluding carboxylic acids is 2. The van der Waals surface area contributed by atoms with E-state index in [4.69, 9.17) is 11.6 Å². The van der Waals surface area contributed by atoms with Gasteiger partial charge in [-0.2, -0.15) is 0 Å². The molecule has 0 aliphatic rings. The second-order valence-corrected chi connectivity index (χ2v) is 6.86. The van der Waals surface area contributed by atoms with Gasteiger partial charge in [-0.25, -0.2) is 0 Å². The van der Waals surface area contributed by atoms with Gasteiger partial charge in [-0.15, -0.1) is 23.1 Å². The molecule has 1 aromatic carbocycles. The summed E-state index contributed by atoms with van der Waals surface area (Å²) in [5.74, 6) is 0.356. The molecule has 4 nitrogen and oxygen atoms in total. The van der Waals surface area contributed by atoms with Crippen LogP contribution in [0.2, 0.25) is 5.02 Å². The van der Waals surface area contributed by atoms with Crippen LogP contribution >= 0.6 is 34.7 Å². The first kappa shape index (κ1) is 16.9. The summed E-state index contributed by atoms with van der Waals surface area (Å²) in [5, 5.41) is 8.40. The van der Waals surface area contributed by atoms with Crippen LogP contribution in [0.25, 0.3) is 0 Å². The van der Waals surface area contributed by atoms with E-state index in [-0.39, 0.29) is 11.8 Å². The van der Waals surface area contributed by atoms with Crippen molar-refractivity contribution < 1.29 is 9.59 Å². The van der Waals surface area contributed by atoms with Crippen molar-refractivity contribution >= 4 is 51.5 Å². The van der Waals surface area contributed by atoms with Crippen LogP contribution in [0.1, 0.15) is 16.8 Å². The molecule has 2 aromatic rings. The molecule has 0 radical (unpaired) electrons. The SMILES string of the molecule is CNC(=O)c1ccsc1NC(=O)CCSc1ccc(Cl)cc1. The van der Waals surface area contributed by atoms with Crippen molar-refractivity contribution in [3.63, 3.8) is 0 Å². The van der Waals surface area contributed by atoms with E-state index in [1.165, 1.54) is 11.3 Å². The van der Waals surface area contributed by atoms with Crippen molar-refractivity contribution in [3.05, 3.63) is 46.3 Å². The summed E-state index contributed by atoms with van der Waals surface area (Å²) in [6.45, 7) is 0. The molecule has 0 spiro atoms. The molecule has 7 heteroatoms. The molecule has 0 aliphatic carbocycles. The van der Waals surface area contributed by atoms with Gasteiger partial charge < -0.3 is 10.6 Å². The van der Waals surface area contributed by atoms with Gasteiger partial charge in [0.2, 0.25) is 5.91 Å². The summed E-state index contributed by atoms with van der Waals surface area (Å²) >= 11 is 8.75. The van der Waals surface area contributed by atoms with Crippen LogP contribution in [0.5, 0.6) is 0 Å². The van der Waals surface area contributed by atoms with Crippen LogP contribution in [0.4, 0.5) is 5.00 Å². The van der Waals surface area contributed by atoms with Gasteiger partial charge in [0, 0.05) is 29.1 Å². The predicted molar refractivity (Wildman–Crippen MR) is 93.1 cm³/mol. The summed E-state index contributed by atoms with van der Waals surface area (Å²) in [5.41, 5.74) is 0.492. The number of benzene rings is 1. The van der Waals surface area contributed by atoms with E-state index in [0.29, 0.717) is 27.8 Å². The number of thioether (sulfide) groups is 1. The van der Waals surface area contributed by atoms with E-state index in [1.54, 1.807) is 30.3 Å². The first-order valence-corrected chi connectivity index (χ1v) is 8.82. The Bertz CT molecular complexity index is 656. The molecule has 2 rings (SSSR count). The van der Waals surface area contributed by atoms with Crippen LogP contribution in [0.15, 0.2) is 40.6 Å². The number of hydrogen-bond donors (Lipinski definition) is 2. The Morgan fingerprint density at radius 2 is 1.95 bits per heavy atom. The molecular weight excluding hydrogens is 340 g/mol. The molecule has 1 heterocycles. The van der Waals surface area contributed by atoms with Crippen LogP contribution in [-0.2, 0) is 4.79 Å². The molecule has 2 N–H and O–H groups in total. The van der Waals surface area contributed by atoms with Gasteiger partial charge in [-0.3, -0.25) is 9.59 Å². The zero-order chi connectivity index (χ0) is 15.9. The number of thiophene rings is 1. The highest BCUT2D eigenvalue weighted by Gasteiger charge is 2.13. The van der Waals surface area contributed by atoms with Crippen molar-refractivity contribution in [2.75, 3.05) is 18.1 Å². The summed E-state index contributed by atoms with van der Waals surface area (Å²) in [6, 6.07) is 9.19. The average Bonchev–Trinajstić information content (AvgIpc) is 2.96. The normalized spacial score (nSPS) is 10.3. The summed E-state index contributed by atoms with van der Waals surface area (Å²) in [6.07, 6.45) is 0.373. The van der Waals surface area contributed by atoms with Crippen LogP contribution in [0.3, 0.4) is 0 Å². The fourth-order valence-electron chi connectivity index (χ4n) is 1.70. The molecule has 0 saturated carbocycles. The number of anilines is 1. The molecule has 116 valence electrons. The number of carbonyl (C=O) groups is 2. The summed E-state index contributed by atoms with van der Waals surface area (Å²) in [4.78, 5) is 24.6. The van der Waals surface area contributed by atoms with Gasteiger partial charge in [0.15, 0.2) is 0 Å². The third-order valence-corrected chi connectivity index (χ3v) is 4.90. The number of halogens is 1. The lowest BCUT2D eigenvalue weighted by molar-refractivity contribution is -0.115. The minimum Gasteiger partial charge on any atom is -0.355 e. The lowest BCUT2D eigenvalue weighted by Gasteiger charge is -2.06. The topological polar surface area (TPSA) is 58.2 Å². The first-order chi connectivity index (χ1) is 10.6. The van der Waals surface area contributed by atoms with Crippen molar-refractivity contribution in [1.29, 1.82) is 0 Å². The largest absolute Gasteiger partial charge is 0.355 e. The second-order valence-electron chi connectivity index (χ2n) is 4.34. The maximum atomic E-state index is 11.9. The van der Waals surface area contributed by atoms with Gasteiger partial charge in [-0.05, 0) is 35.7 Å². The van der Waals surface area contributed by atoms with E-state index in [9.17, 15) is 9.59 Å². The third kappa shape index (κ3) is 4.76. The number of rotatable bonds is 6. The highest BCUT2D eigenvalue weighted by Crippen LogP contribution is 2.24. The standard InChI is InChI=1S/C15H15ClN2O2S2/c1-17-14(20)12-6-8-22-15(12)18-13(19)7-9-21-11-4-2-10(16)3-5-11/h2-6,8H,7,9H2,1H3,(H,17,20)(H,18,19). The summed E-state index contributed by atoms with van der Waals surface area (Å²) in [7, 11) is 1.56. The highest BCUT2D eigenvalue weighted by atomic mass is 35.5. The Hall–Kier alpha value is -1.50. The van der Waals surface area contributed by atoms with Gasteiger partial charge in [0.05, 0.1) is 5.56 Å². The molecule has 0 bridgehead atoms. The zero-order valence-corrected chi connectivity index (χ0v) is 14.3. The van der Waals surface area contributed by atoms with Gasteiger partial charge in [0.1, 0.15) is 5.00 Å². The van der Waals surface area contributed by atoms with Crippen LogP contribution in [0, 0.1) is 0 Å². The average molecular weight is 355 g/mol. The van der Waals surface area contributed by atoms with Gasteiger partial charge in [-0.1, -0.05) is 11.6 Å². The van der Waals surface area contributed by atoms with Crippen LogP contribution in [-0.4, -0.2) is 24.6 Å². The highest BCUT2D eigenvalue weighted by molar-refractivity contribution is 7.99. The maximum absolute atomic E-state index is 11.9. The second kappa shape index (κ2) is 8.22. The minimum absolute atomic E-state index is 0.103. The number of nitrogens with one attached hydrogen (secondary N) is 2. The zero-order valence-electron chi connectivity index (χ0n) is 11.9. The smallest absolute Gasteiger partial charge is 0.254 e. The minimum atomic E-state index is -0.202.